The van der Waals surface area contributed by atoms with Gasteiger partial charge in [0.2, 0.25) is 0 Å². The summed E-state index contributed by atoms with van der Waals surface area (Å²) in [6.45, 7) is 3.32. The van der Waals surface area contributed by atoms with Crippen molar-refractivity contribution in [3.05, 3.63) is 65.7 Å². The van der Waals surface area contributed by atoms with E-state index < -0.39 is 9.84 Å². The number of urea groups is 1. The summed E-state index contributed by atoms with van der Waals surface area (Å²) >= 11 is 0. The van der Waals surface area contributed by atoms with E-state index in [0.29, 0.717) is 19.6 Å². The van der Waals surface area contributed by atoms with Gasteiger partial charge in [-0.1, -0.05) is 42.5 Å². The average molecular weight is 388 g/mol. The van der Waals surface area contributed by atoms with Crippen LogP contribution in [0.2, 0.25) is 0 Å². The van der Waals surface area contributed by atoms with E-state index in [2.05, 4.69) is 5.32 Å². The van der Waals surface area contributed by atoms with Crippen LogP contribution in [-0.2, 0) is 21.1 Å². The number of sulfone groups is 1. The van der Waals surface area contributed by atoms with Gasteiger partial charge in [-0.2, -0.15) is 0 Å². The van der Waals surface area contributed by atoms with Crippen LogP contribution in [-0.4, -0.2) is 44.8 Å². The number of hydrogen-bond acceptors (Lipinski definition) is 4. The molecule has 2 atom stereocenters. The Morgan fingerprint density at radius 1 is 1.11 bits per heavy atom. The van der Waals surface area contributed by atoms with Gasteiger partial charge < -0.3 is 15.0 Å². The summed E-state index contributed by atoms with van der Waals surface area (Å²) < 4.78 is 29.0. The lowest BCUT2D eigenvalue weighted by molar-refractivity contribution is -0.0657. The fraction of sp³-hybridized carbons (Fsp3) is 0.350. The number of nitrogens with zero attached hydrogens (tertiary/aromatic N) is 1. The standard InChI is InChI=1S/C20H24N2O4S/c1-15-13-22(14-19(26-15)17-6-4-3-5-7-17)20(23)21-12-16-8-10-18(11-9-16)27(2,24)25/h3-11,15,19H,12-14H2,1-2H3,(H,21,23). The fourth-order valence-electron chi connectivity index (χ4n) is 3.11. The van der Waals surface area contributed by atoms with Crippen molar-refractivity contribution < 1.29 is 17.9 Å². The predicted octanol–water partition coefficient (Wildman–Crippen LogP) is 2.76. The van der Waals surface area contributed by atoms with Crippen molar-refractivity contribution in [3.8, 4) is 0 Å². The van der Waals surface area contributed by atoms with Crippen molar-refractivity contribution in [3.63, 3.8) is 0 Å². The van der Waals surface area contributed by atoms with Gasteiger partial charge in [0, 0.05) is 19.3 Å². The summed E-state index contributed by atoms with van der Waals surface area (Å²) in [6, 6.07) is 16.3. The number of ether oxygens (including phenoxy) is 1. The molecule has 0 saturated carbocycles. The Bertz CT molecular complexity index is 882. The first-order valence-electron chi connectivity index (χ1n) is 8.85. The van der Waals surface area contributed by atoms with Crippen LogP contribution < -0.4 is 5.32 Å². The summed E-state index contributed by atoms with van der Waals surface area (Å²) in [4.78, 5) is 14.6. The third-order valence-electron chi connectivity index (χ3n) is 4.51. The maximum atomic E-state index is 12.6. The van der Waals surface area contributed by atoms with E-state index in [0.717, 1.165) is 11.1 Å². The number of hydrogen-bond donors (Lipinski definition) is 1. The minimum atomic E-state index is -3.22. The molecule has 2 unspecified atom stereocenters. The molecule has 1 saturated heterocycles. The monoisotopic (exact) mass is 388 g/mol. The van der Waals surface area contributed by atoms with Gasteiger partial charge in [-0.25, -0.2) is 13.2 Å². The van der Waals surface area contributed by atoms with Crippen LogP contribution in [0.5, 0.6) is 0 Å². The first-order chi connectivity index (χ1) is 12.8. The lowest BCUT2D eigenvalue weighted by Gasteiger charge is -2.37. The smallest absolute Gasteiger partial charge is 0.317 e. The summed E-state index contributed by atoms with van der Waals surface area (Å²) in [5.74, 6) is 0. The van der Waals surface area contributed by atoms with Crippen LogP contribution in [0, 0.1) is 0 Å². The highest BCUT2D eigenvalue weighted by atomic mass is 32.2. The lowest BCUT2D eigenvalue weighted by Crippen LogP contribution is -2.49. The van der Waals surface area contributed by atoms with E-state index >= 15 is 0 Å². The molecule has 7 heteroatoms. The summed E-state index contributed by atoms with van der Waals surface area (Å²) in [5.41, 5.74) is 1.90. The Balaban J connectivity index is 1.60. The molecule has 1 fully saturated rings. The molecule has 0 aliphatic carbocycles. The molecular weight excluding hydrogens is 364 g/mol. The van der Waals surface area contributed by atoms with Crippen LogP contribution in [0.15, 0.2) is 59.5 Å². The largest absolute Gasteiger partial charge is 0.367 e. The molecule has 0 spiro atoms. The quantitative estimate of drug-likeness (QED) is 0.874. The van der Waals surface area contributed by atoms with Crippen LogP contribution in [0.4, 0.5) is 4.79 Å². The Hall–Kier alpha value is -2.38. The zero-order valence-electron chi connectivity index (χ0n) is 15.5. The normalized spacial score (nSPS) is 20.3. The van der Waals surface area contributed by atoms with E-state index in [1.165, 1.54) is 6.26 Å². The second kappa shape index (κ2) is 8.10. The van der Waals surface area contributed by atoms with Crippen molar-refractivity contribution in [2.45, 2.75) is 30.6 Å². The van der Waals surface area contributed by atoms with Crippen LogP contribution in [0.3, 0.4) is 0 Å². The first-order valence-corrected chi connectivity index (χ1v) is 10.7. The highest BCUT2D eigenvalue weighted by Gasteiger charge is 2.29. The number of amides is 2. The van der Waals surface area contributed by atoms with Crippen LogP contribution >= 0.6 is 0 Å². The number of carbonyl (C=O) groups excluding carboxylic acids is 1. The topological polar surface area (TPSA) is 75.7 Å². The van der Waals surface area contributed by atoms with E-state index in [4.69, 9.17) is 4.74 Å². The van der Waals surface area contributed by atoms with Crippen molar-refractivity contribution in [1.82, 2.24) is 10.2 Å². The molecule has 2 aromatic carbocycles. The molecule has 0 bridgehead atoms. The van der Waals surface area contributed by atoms with Gasteiger partial charge >= 0.3 is 6.03 Å². The Labute approximate surface area is 160 Å². The van der Waals surface area contributed by atoms with Crippen LogP contribution in [0.25, 0.3) is 0 Å². The van der Waals surface area contributed by atoms with Gasteiger partial charge in [0.15, 0.2) is 9.84 Å². The molecule has 1 heterocycles. The molecule has 1 aliphatic rings. The predicted molar refractivity (Wildman–Crippen MR) is 103 cm³/mol. The van der Waals surface area contributed by atoms with E-state index in [1.54, 1.807) is 29.2 Å². The summed E-state index contributed by atoms with van der Waals surface area (Å²) in [6.07, 6.45) is 0.977. The third kappa shape index (κ3) is 5.08. The molecule has 6 nitrogen and oxygen atoms in total. The van der Waals surface area contributed by atoms with E-state index in [1.807, 2.05) is 37.3 Å². The Morgan fingerprint density at radius 3 is 2.41 bits per heavy atom. The van der Waals surface area contributed by atoms with Gasteiger partial charge in [0.25, 0.3) is 0 Å². The van der Waals surface area contributed by atoms with Gasteiger partial charge in [0.1, 0.15) is 6.10 Å². The fourth-order valence-corrected chi connectivity index (χ4v) is 3.74. The maximum absolute atomic E-state index is 12.6. The molecular formula is C20H24N2O4S. The van der Waals surface area contributed by atoms with Crippen LogP contribution in [0.1, 0.15) is 24.2 Å². The average Bonchev–Trinajstić information content (AvgIpc) is 2.66. The SMILES string of the molecule is CC1CN(C(=O)NCc2ccc(S(C)(=O)=O)cc2)CC(c2ccccc2)O1. The summed E-state index contributed by atoms with van der Waals surface area (Å²) in [7, 11) is -3.22. The van der Waals surface area contributed by atoms with Gasteiger partial charge in [-0.3, -0.25) is 0 Å². The van der Waals surface area contributed by atoms with Crippen molar-refractivity contribution in [2.75, 3.05) is 19.3 Å². The first kappa shape index (κ1) is 19.4. The minimum Gasteiger partial charge on any atom is -0.367 e. The molecule has 0 radical (unpaired) electrons. The zero-order chi connectivity index (χ0) is 19.4. The number of nitrogens with one attached hydrogen (secondary N) is 1. The lowest BCUT2D eigenvalue weighted by atomic mass is 10.1. The summed E-state index contributed by atoms with van der Waals surface area (Å²) in [5, 5.41) is 2.90. The van der Waals surface area contributed by atoms with E-state index in [9.17, 15) is 13.2 Å². The van der Waals surface area contributed by atoms with Crippen molar-refractivity contribution in [2.24, 2.45) is 0 Å². The molecule has 27 heavy (non-hydrogen) atoms. The number of benzene rings is 2. The molecule has 2 amide bonds. The molecule has 2 aromatic rings. The van der Waals surface area contributed by atoms with Gasteiger partial charge in [-0.15, -0.1) is 0 Å². The third-order valence-corrected chi connectivity index (χ3v) is 5.64. The highest BCUT2D eigenvalue weighted by Crippen LogP contribution is 2.25. The Morgan fingerprint density at radius 2 is 1.78 bits per heavy atom. The van der Waals surface area contributed by atoms with E-state index in [-0.39, 0.29) is 23.1 Å². The van der Waals surface area contributed by atoms with Gasteiger partial charge in [-0.05, 0) is 30.2 Å². The number of carbonyl (C=O) groups is 1. The highest BCUT2D eigenvalue weighted by molar-refractivity contribution is 7.90. The second-order valence-corrected chi connectivity index (χ2v) is 8.84. The molecule has 1 aliphatic heterocycles. The minimum absolute atomic E-state index is 0.0521. The van der Waals surface area contributed by atoms with Crippen molar-refractivity contribution in [1.29, 1.82) is 0 Å². The molecule has 3 rings (SSSR count). The molecule has 144 valence electrons. The maximum Gasteiger partial charge on any atom is 0.317 e. The zero-order valence-corrected chi connectivity index (χ0v) is 16.3. The molecule has 1 N–H and O–H groups in total. The molecule has 0 aromatic heterocycles. The van der Waals surface area contributed by atoms with Gasteiger partial charge in [0.05, 0.1) is 17.5 Å². The second-order valence-electron chi connectivity index (χ2n) is 6.83. The van der Waals surface area contributed by atoms with Crippen molar-refractivity contribution >= 4 is 15.9 Å². The Kier molecular flexibility index (Phi) is 5.82. The number of rotatable bonds is 4. The number of morpholine rings is 1.